The van der Waals surface area contributed by atoms with Crippen molar-refractivity contribution in [1.82, 2.24) is 10.6 Å². The molecule has 0 saturated carbocycles. The molecule has 13 heavy (non-hydrogen) atoms. The summed E-state index contributed by atoms with van der Waals surface area (Å²) in [7, 11) is 3.75. The first-order valence-electron chi connectivity index (χ1n) is 4.09. The molecule has 0 spiro atoms. The van der Waals surface area contributed by atoms with Crippen LogP contribution in [0.25, 0.3) is 5.70 Å². The van der Waals surface area contributed by atoms with Gasteiger partial charge in [0.2, 0.25) is 0 Å². The van der Waals surface area contributed by atoms with Crippen LogP contribution in [0, 0.1) is 0 Å². The van der Waals surface area contributed by atoms with Gasteiger partial charge in [-0.25, -0.2) is 0 Å². The molecule has 2 nitrogen and oxygen atoms in total. The van der Waals surface area contributed by atoms with E-state index < -0.39 is 0 Å². The third kappa shape index (κ3) is 2.67. The van der Waals surface area contributed by atoms with E-state index in [0.717, 1.165) is 16.3 Å². The van der Waals surface area contributed by atoms with Gasteiger partial charge in [0.15, 0.2) is 0 Å². The van der Waals surface area contributed by atoms with Crippen LogP contribution in [0.4, 0.5) is 0 Å². The summed E-state index contributed by atoms with van der Waals surface area (Å²) in [6.07, 6.45) is 1.91. The topological polar surface area (TPSA) is 24.1 Å². The van der Waals surface area contributed by atoms with Crippen LogP contribution in [0.5, 0.6) is 0 Å². The smallest absolute Gasteiger partial charge is 0.0570 e. The minimum absolute atomic E-state index is 0.753. The Morgan fingerprint density at radius 2 is 1.85 bits per heavy atom. The van der Waals surface area contributed by atoms with Gasteiger partial charge < -0.3 is 10.6 Å². The predicted octanol–water partition coefficient (Wildman–Crippen LogP) is 2.08. The van der Waals surface area contributed by atoms with Crippen molar-refractivity contribution in [3.8, 4) is 0 Å². The molecule has 0 bridgehead atoms. The Hall–Kier alpha value is -1.15. The summed E-state index contributed by atoms with van der Waals surface area (Å²) in [6, 6.07) is 7.69. The molecular formula is C10H13ClN2. The standard InChI is InChI=1S/C10H13ClN2/c1-12-7-10(13-2)8-3-5-9(11)6-4-8/h3-7,12-13H,1-2H3/b10-7-. The van der Waals surface area contributed by atoms with E-state index >= 15 is 0 Å². The van der Waals surface area contributed by atoms with Crippen molar-refractivity contribution < 1.29 is 0 Å². The molecule has 3 heteroatoms. The monoisotopic (exact) mass is 196 g/mol. The van der Waals surface area contributed by atoms with E-state index in [9.17, 15) is 0 Å². The molecule has 1 aromatic rings. The van der Waals surface area contributed by atoms with E-state index in [4.69, 9.17) is 11.6 Å². The Kier molecular flexibility index (Phi) is 3.65. The lowest BCUT2D eigenvalue weighted by atomic mass is 10.2. The Balaban J connectivity index is 2.92. The zero-order valence-electron chi connectivity index (χ0n) is 7.76. The van der Waals surface area contributed by atoms with Crippen molar-refractivity contribution in [3.63, 3.8) is 0 Å². The summed E-state index contributed by atoms with van der Waals surface area (Å²) < 4.78 is 0. The third-order valence-electron chi connectivity index (χ3n) is 1.71. The van der Waals surface area contributed by atoms with Crippen LogP contribution in [0.1, 0.15) is 5.56 Å². The SMILES string of the molecule is CN/C=C(\NC)c1ccc(Cl)cc1. The molecule has 1 rings (SSSR count). The van der Waals surface area contributed by atoms with Gasteiger partial charge in [0.05, 0.1) is 5.70 Å². The zero-order valence-corrected chi connectivity index (χ0v) is 8.52. The number of nitrogens with one attached hydrogen (secondary N) is 2. The maximum atomic E-state index is 5.78. The molecule has 0 radical (unpaired) electrons. The van der Waals surface area contributed by atoms with E-state index in [1.165, 1.54) is 0 Å². The largest absolute Gasteiger partial charge is 0.392 e. The lowest BCUT2D eigenvalue weighted by Crippen LogP contribution is -2.08. The molecular weight excluding hydrogens is 184 g/mol. The number of halogens is 1. The molecule has 0 aliphatic carbocycles. The predicted molar refractivity (Wildman–Crippen MR) is 57.5 cm³/mol. The van der Waals surface area contributed by atoms with Crippen molar-refractivity contribution in [2.45, 2.75) is 0 Å². The minimum atomic E-state index is 0.753. The van der Waals surface area contributed by atoms with Crippen molar-refractivity contribution in [2.75, 3.05) is 14.1 Å². The van der Waals surface area contributed by atoms with E-state index in [-0.39, 0.29) is 0 Å². The van der Waals surface area contributed by atoms with Crippen LogP contribution in [0.15, 0.2) is 30.5 Å². The van der Waals surface area contributed by atoms with Crippen molar-refractivity contribution >= 4 is 17.3 Å². The van der Waals surface area contributed by atoms with E-state index in [2.05, 4.69) is 10.6 Å². The Morgan fingerprint density at radius 3 is 2.31 bits per heavy atom. The molecule has 0 heterocycles. The molecule has 0 saturated heterocycles. The molecule has 0 unspecified atom stereocenters. The van der Waals surface area contributed by atoms with Crippen molar-refractivity contribution in [1.29, 1.82) is 0 Å². The highest BCUT2D eigenvalue weighted by Crippen LogP contribution is 2.14. The summed E-state index contributed by atoms with van der Waals surface area (Å²) in [5, 5.41) is 6.82. The summed E-state index contributed by atoms with van der Waals surface area (Å²) in [5.74, 6) is 0. The van der Waals surface area contributed by atoms with Gasteiger partial charge in [-0.2, -0.15) is 0 Å². The molecule has 70 valence electrons. The second-order valence-corrected chi connectivity index (χ2v) is 3.04. The normalized spacial score (nSPS) is 11.2. The first-order valence-corrected chi connectivity index (χ1v) is 4.47. The molecule has 2 N–H and O–H groups in total. The van der Waals surface area contributed by atoms with Gasteiger partial charge >= 0.3 is 0 Å². The van der Waals surface area contributed by atoms with E-state index in [0.29, 0.717) is 0 Å². The van der Waals surface area contributed by atoms with Crippen LogP contribution in [0.2, 0.25) is 5.02 Å². The highest BCUT2D eigenvalue weighted by Gasteiger charge is 1.97. The first-order chi connectivity index (χ1) is 6.27. The van der Waals surface area contributed by atoms with Crippen molar-refractivity contribution in [2.24, 2.45) is 0 Å². The number of hydrogen-bond acceptors (Lipinski definition) is 2. The van der Waals surface area contributed by atoms with Gasteiger partial charge in [-0.05, 0) is 17.7 Å². The molecule has 0 aliphatic heterocycles. The molecule has 0 aliphatic rings. The summed E-state index contributed by atoms with van der Waals surface area (Å²) in [6.45, 7) is 0. The lowest BCUT2D eigenvalue weighted by Gasteiger charge is -2.06. The second kappa shape index (κ2) is 4.77. The van der Waals surface area contributed by atoms with Crippen LogP contribution in [-0.2, 0) is 0 Å². The van der Waals surface area contributed by atoms with Gasteiger partial charge in [-0.1, -0.05) is 23.7 Å². The van der Waals surface area contributed by atoms with Crippen molar-refractivity contribution in [3.05, 3.63) is 41.1 Å². The van der Waals surface area contributed by atoms with Crippen LogP contribution in [0.3, 0.4) is 0 Å². The van der Waals surface area contributed by atoms with Gasteiger partial charge in [0.1, 0.15) is 0 Å². The fourth-order valence-electron chi connectivity index (χ4n) is 1.07. The summed E-state index contributed by atoms with van der Waals surface area (Å²) in [4.78, 5) is 0. The number of hydrogen-bond donors (Lipinski definition) is 2. The Bertz CT molecular complexity index is 290. The maximum absolute atomic E-state index is 5.78. The third-order valence-corrected chi connectivity index (χ3v) is 1.97. The molecule has 0 aromatic heterocycles. The fourth-order valence-corrected chi connectivity index (χ4v) is 1.20. The molecule has 0 amide bonds. The number of rotatable bonds is 3. The van der Waals surface area contributed by atoms with Gasteiger partial charge in [0.25, 0.3) is 0 Å². The highest BCUT2D eigenvalue weighted by molar-refractivity contribution is 6.30. The second-order valence-electron chi connectivity index (χ2n) is 2.60. The van der Waals surface area contributed by atoms with Crippen LogP contribution >= 0.6 is 11.6 Å². The average Bonchev–Trinajstić information content (AvgIpc) is 2.16. The zero-order chi connectivity index (χ0) is 9.68. The molecule has 0 atom stereocenters. The van der Waals surface area contributed by atoms with Crippen LogP contribution in [-0.4, -0.2) is 14.1 Å². The molecule has 0 fully saturated rings. The minimum Gasteiger partial charge on any atom is -0.392 e. The Morgan fingerprint density at radius 1 is 1.23 bits per heavy atom. The highest BCUT2D eigenvalue weighted by atomic mass is 35.5. The van der Waals surface area contributed by atoms with Gasteiger partial charge in [-0.3, -0.25) is 0 Å². The molecule has 1 aromatic carbocycles. The Labute approximate surface area is 83.6 Å². The first kappa shape index (κ1) is 9.93. The van der Waals surface area contributed by atoms with Crippen LogP contribution < -0.4 is 10.6 Å². The number of benzene rings is 1. The van der Waals surface area contributed by atoms with E-state index in [1.54, 1.807) is 0 Å². The summed E-state index contributed by atoms with van der Waals surface area (Å²) >= 11 is 5.78. The van der Waals surface area contributed by atoms with Gasteiger partial charge in [0, 0.05) is 25.3 Å². The maximum Gasteiger partial charge on any atom is 0.0570 e. The average molecular weight is 197 g/mol. The summed E-state index contributed by atoms with van der Waals surface area (Å²) in [5.41, 5.74) is 2.15. The lowest BCUT2D eigenvalue weighted by molar-refractivity contribution is 1.05. The quantitative estimate of drug-likeness (QED) is 0.774. The van der Waals surface area contributed by atoms with Gasteiger partial charge in [-0.15, -0.1) is 0 Å². The van der Waals surface area contributed by atoms with E-state index in [1.807, 2.05) is 44.6 Å². The fraction of sp³-hybridized carbons (Fsp3) is 0.200.